The van der Waals surface area contributed by atoms with Gasteiger partial charge in [-0.1, -0.05) is 43.8 Å². The third kappa shape index (κ3) is 4.07. The summed E-state index contributed by atoms with van der Waals surface area (Å²) in [6, 6.07) is 10.6. The molecule has 0 saturated carbocycles. The lowest BCUT2D eigenvalue weighted by atomic mass is 9.98. The van der Waals surface area contributed by atoms with Crippen LogP contribution >= 0.6 is 0 Å². The molecule has 0 bridgehead atoms. The van der Waals surface area contributed by atoms with Crippen molar-refractivity contribution >= 4 is 6.20 Å². The molecule has 0 amide bonds. The van der Waals surface area contributed by atoms with Gasteiger partial charge in [0, 0.05) is 24.5 Å². The highest BCUT2D eigenvalue weighted by Gasteiger charge is 2.04. The Kier molecular flexibility index (Phi) is 4.93. The lowest BCUT2D eigenvalue weighted by molar-refractivity contribution is 0.594. The summed E-state index contributed by atoms with van der Waals surface area (Å²) in [7, 11) is 0. The van der Waals surface area contributed by atoms with Gasteiger partial charge in [-0.2, -0.15) is 5.10 Å². The quantitative estimate of drug-likeness (QED) is 0.770. The van der Waals surface area contributed by atoms with E-state index in [1.54, 1.807) is 10.9 Å². The number of benzene rings is 1. The van der Waals surface area contributed by atoms with E-state index in [1.807, 2.05) is 12.4 Å². The Hall–Kier alpha value is -1.87. The van der Waals surface area contributed by atoms with Gasteiger partial charge < -0.3 is 5.32 Å². The second-order valence-electron chi connectivity index (χ2n) is 4.79. The fourth-order valence-electron chi connectivity index (χ4n) is 2.07. The second-order valence-corrected chi connectivity index (χ2v) is 4.79. The van der Waals surface area contributed by atoms with Crippen molar-refractivity contribution in [2.45, 2.75) is 25.8 Å². The van der Waals surface area contributed by atoms with Crippen molar-refractivity contribution in [1.82, 2.24) is 15.1 Å². The van der Waals surface area contributed by atoms with Crippen molar-refractivity contribution in [2.75, 3.05) is 6.54 Å². The first kappa shape index (κ1) is 13.6. The van der Waals surface area contributed by atoms with Gasteiger partial charge in [0.05, 0.1) is 6.20 Å². The normalized spacial score (nSPS) is 12.3. The van der Waals surface area contributed by atoms with Gasteiger partial charge in [-0.3, -0.25) is 0 Å². The van der Waals surface area contributed by atoms with Gasteiger partial charge in [0.2, 0.25) is 0 Å². The van der Waals surface area contributed by atoms with Crippen molar-refractivity contribution in [2.24, 2.45) is 0 Å². The number of aromatic nitrogens is 2. The average molecular weight is 255 g/mol. The smallest absolute Gasteiger partial charge is 0.0538 e. The fraction of sp³-hybridized carbons (Fsp3) is 0.312. The molecule has 0 aliphatic rings. The van der Waals surface area contributed by atoms with E-state index in [2.05, 4.69) is 54.2 Å². The molecule has 3 nitrogen and oxygen atoms in total. The molecule has 0 saturated heterocycles. The number of nitrogens with one attached hydrogen (secondary N) is 1. The third-order valence-electron chi connectivity index (χ3n) is 3.29. The molecule has 0 aliphatic carbocycles. The zero-order valence-electron chi connectivity index (χ0n) is 11.4. The zero-order valence-corrected chi connectivity index (χ0v) is 11.4. The van der Waals surface area contributed by atoms with Crippen molar-refractivity contribution in [3.8, 4) is 0 Å². The molecular weight excluding hydrogens is 234 g/mol. The van der Waals surface area contributed by atoms with E-state index < -0.39 is 0 Å². The monoisotopic (exact) mass is 255 g/mol. The summed E-state index contributed by atoms with van der Waals surface area (Å²) < 4.78 is 1.73. The highest BCUT2D eigenvalue weighted by Crippen LogP contribution is 2.17. The third-order valence-corrected chi connectivity index (χ3v) is 3.29. The maximum Gasteiger partial charge on any atom is 0.0538 e. The van der Waals surface area contributed by atoms with E-state index in [0.29, 0.717) is 5.92 Å². The SMILES string of the molecule is C=Cn1cc(CNCCC(C)c2ccccc2)cn1. The highest BCUT2D eigenvalue weighted by molar-refractivity contribution is 5.19. The second kappa shape index (κ2) is 6.90. The summed E-state index contributed by atoms with van der Waals surface area (Å²) in [5.41, 5.74) is 2.59. The standard InChI is InChI=1S/C16H21N3/c1-3-19-13-15(12-18-19)11-17-10-9-14(2)16-7-5-4-6-8-16/h3-8,12-14,17H,1,9-11H2,2H3. The van der Waals surface area contributed by atoms with Crippen molar-refractivity contribution in [1.29, 1.82) is 0 Å². The summed E-state index contributed by atoms with van der Waals surface area (Å²) in [6.07, 6.45) is 6.69. The molecule has 0 fully saturated rings. The summed E-state index contributed by atoms with van der Waals surface area (Å²) in [6.45, 7) is 7.81. The highest BCUT2D eigenvalue weighted by atomic mass is 15.2. The molecule has 0 spiro atoms. The molecule has 19 heavy (non-hydrogen) atoms. The van der Waals surface area contributed by atoms with Gasteiger partial charge in [0.15, 0.2) is 0 Å². The number of rotatable bonds is 7. The molecule has 2 aromatic rings. The van der Waals surface area contributed by atoms with E-state index in [9.17, 15) is 0 Å². The van der Waals surface area contributed by atoms with Crippen LogP contribution < -0.4 is 5.32 Å². The molecule has 1 aromatic heterocycles. The lowest BCUT2D eigenvalue weighted by Gasteiger charge is -2.11. The van der Waals surface area contributed by atoms with Crippen molar-refractivity contribution in [3.05, 3.63) is 60.4 Å². The van der Waals surface area contributed by atoms with E-state index >= 15 is 0 Å². The summed E-state index contributed by atoms with van der Waals surface area (Å²) in [5.74, 6) is 0.588. The summed E-state index contributed by atoms with van der Waals surface area (Å²) in [5, 5.41) is 7.61. The van der Waals surface area contributed by atoms with Gasteiger partial charge in [-0.25, -0.2) is 4.68 Å². The zero-order chi connectivity index (χ0) is 13.5. The van der Waals surface area contributed by atoms with Crippen LogP contribution in [0.3, 0.4) is 0 Å². The first-order valence-electron chi connectivity index (χ1n) is 6.71. The van der Waals surface area contributed by atoms with Gasteiger partial charge in [0.1, 0.15) is 0 Å². The molecule has 1 atom stereocenters. The first-order valence-corrected chi connectivity index (χ1v) is 6.71. The van der Waals surface area contributed by atoms with Crippen LogP contribution in [0, 0.1) is 0 Å². The van der Waals surface area contributed by atoms with Crippen LogP contribution in [0.25, 0.3) is 6.20 Å². The Morgan fingerprint density at radius 1 is 1.37 bits per heavy atom. The van der Waals surface area contributed by atoms with E-state index in [1.165, 1.54) is 11.1 Å². The van der Waals surface area contributed by atoms with Crippen LogP contribution in [0.2, 0.25) is 0 Å². The predicted molar refractivity (Wildman–Crippen MR) is 79.8 cm³/mol. The van der Waals surface area contributed by atoms with E-state index in [4.69, 9.17) is 0 Å². The first-order chi connectivity index (χ1) is 9.29. The fourth-order valence-corrected chi connectivity index (χ4v) is 2.07. The van der Waals surface area contributed by atoms with E-state index in [-0.39, 0.29) is 0 Å². The van der Waals surface area contributed by atoms with Gasteiger partial charge in [-0.15, -0.1) is 0 Å². The Labute approximate surface area is 115 Å². The van der Waals surface area contributed by atoms with Crippen LogP contribution in [0.4, 0.5) is 0 Å². The molecule has 0 radical (unpaired) electrons. The minimum atomic E-state index is 0.588. The molecular formula is C16H21N3. The molecule has 3 heteroatoms. The molecule has 1 unspecified atom stereocenters. The molecule has 1 heterocycles. The molecule has 1 aromatic carbocycles. The van der Waals surface area contributed by atoms with Gasteiger partial charge >= 0.3 is 0 Å². The number of hydrogen-bond acceptors (Lipinski definition) is 2. The minimum Gasteiger partial charge on any atom is -0.313 e. The largest absolute Gasteiger partial charge is 0.313 e. The van der Waals surface area contributed by atoms with Crippen LogP contribution in [-0.4, -0.2) is 16.3 Å². The van der Waals surface area contributed by atoms with Crippen LogP contribution in [0.5, 0.6) is 0 Å². The van der Waals surface area contributed by atoms with E-state index in [0.717, 1.165) is 19.5 Å². The van der Waals surface area contributed by atoms with Crippen LogP contribution in [-0.2, 0) is 6.54 Å². The van der Waals surface area contributed by atoms with Crippen LogP contribution in [0.15, 0.2) is 49.3 Å². The molecule has 0 aliphatic heterocycles. The number of nitrogens with zero attached hydrogens (tertiary/aromatic N) is 2. The molecule has 1 N–H and O–H groups in total. The van der Waals surface area contributed by atoms with Gasteiger partial charge in [0.25, 0.3) is 0 Å². The number of hydrogen-bond donors (Lipinski definition) is 1. The van der Waals surface area contributed by atoms with Crippen LogP contribution in [0.1, 0.15) is 30.4 Å². The minimum absolute atomic E-state index is 0.588. The van der Waals surface area contributed by atoms with Crippen molar-refractivity contribution in [3.63, 3.8) is 0 Å². The average Bonchev–Trinajstić information content (AvgIpc) is 2.92. The summed E-state index contributed by atoms with van der Waals surface area (Å²) >= 11 is 0. The Morgan fingerprint density at radius 3 is 2.84 bits per heavy atom. The Bertz CT molecular complexity index is 502. The van der Waals surface area contributed by atoms with Crippen molar-refractivity contribution < 1.29 is 0 Å². The molecule has 2 rings (SSSR count). The maximum atomic E-state index is 4.15. The lowest BCUT2D eigenvalue weighted by Crippen LogP contribution is -2.16. The molecule has 100 valence electrons. The predicted octanol–water partition coefficient (Wildman–Crippen LogP) is 3.27. The topological polar surface area (TPSA) is 29.9 Å². The Morgan fingerprint density at radius 2 is 2.16 bits per heavy atom. The maximum absolute atomic E-state index is 4.15. The summed E-state index contributed by atoms with van der Waals surface area (Å²) in [4.78, 5) is 0. The van der Waals surface area contributed by atoms with Gasteiger partial charge in [-0.05, 0) is 24.4 Å². The Balaban J connectivity index is 1.70.